The van der Waals surface area contributed by atoms with Crippen LogP contribution in [0.5, 0.6) is 0 Å². The van der Waals surface area contributed by atoms with Gasteiger partial charge in [0.25, 0.3) is 5.91 Å². The second-order valence-corrected chi connectivity index (χ2v) is 8.29. The van der Waals surface area contributed by atoms with Gasteiger partial charge in [0.1, 0.15) is 0 Å². The molecule has 6 nitrogen and oxygen atoms in total. The summed E-state index contributed by atoms with van der Waals surface area (Å²) < 4.78 is 42.7. The number of rotatable bonds is 3. The van der Waals surface area contributed by atoms with Gasteiger partial charge in [0.15, 0.2) is 22.2 Å². The summed E-state index contributed by atoms with van der Waals surface area (Å²) >= 11 is 12.4. The van der Waals surface area contributed by atoms with E-state index in [1.807, 2.05) is 0 Å². The molecule has 0 radical (unpaired) electrons. The van der Waals surface area contributed by atoms with Gasteiger partial charge in [0.05, 0.1) is 15.9 Å². The fourth-order valence-corrected chi connectivity index (χ4v) is 3.71. The second kappa shape index (κ2) is 8.21. The second-order valence-electron chi connectivity index (χ2n) is 6.23. The lowest BCUT2D eigenvalue weighted by atomic mass is 10.1. The molecule has 0 atom stereocenters. The molecule has 0 spiro atoms. The number of carbonyl (C=O) groups is 1. The first-order valence-corrected chi connectivity index (χ1v) is 10.5. The van der Waals surface area contributed by atoms with E-state index in [2.05, 4.69) is 52.2 Å². The summed E-state index contributed by atoms with van der Waals surface area (Å²) in [6.07, 6.45) is -3.31. The van der Waals surface area contributed by atoms with Crippen molar-refractivity contribution < 1.29 is 18.0 Å². The Morgan fingerprint density at radius 1 is 1.13 bits per heavy atom. The summed E-state index contributed by atoms with van der Waals surface area (Å²) in [5, 5.41) is 6.37. The van der Waals surface area contributed by atoms with E-state index in [9.17, 15) is 18.0 Å². The van der Waals surface area contributed by atoms with Gasteiger partial charge in [0.2, 0.25) is 0 Å². The van der Waals surface area contributed by atoms with Crippen LogP contribution in [0.4, 0.5) is 18.9 Å². The van der Waals surface area contributed by atoms with Crippen LogP contribution >= 0.6 is 43.5 Å². The molecule has 1 N–H and O–H groups in total. The normalized spacial score (nSPS) is 11.7. The molecule has 158 valence electrons. The number of alkyl halides is 3. The number of nitrogens with zero attached hydrogens (tertiary/aromatic N) is 4. The number of pyridine rings is 1. The van der Waals surface area contributed by atoms with Crippen LogP contribution in [0.1, 0.15) is 16.2 Å². The smallest absolute Gasteiger partial charge is 0.318 e. The lowest BCUT2D eigenvalue weighted by Gasteiger charge is -2.11. The molecule has 4 rings (SSSR count). The monoisotopic (exact) mass is 573 g/mol. The van der Waals surface area contributed by atoms with E-state index in [0.717, 1.165) is 10.5 Å². The number of carbonyl (C=O) groups excluding carboxylic acids is 1. The molecular weight excluding hydrogens is 566 g/mol. The zero-order valence-corrected chi connectivity index (χ0v) is 19.0. The minimum atomic E-state index is -4.74. The van der Waals surface area contributed by atoms with Gasteiger partial charge in [-0.3, -0.25) is 4.79 Å². The van der Waals surface area contributed by atoms with Gasteiger partial charge in [-0.15, -0.1) is 0 Å². The SMILES string of the molecule is O=C(Nc1cccnc1Cl)c1nn2c(C(F)(F)F)cc(-c3ccc(Br)cc3)nc2c1Br. The van der Waals surface area contributed by atoms with Crippen LogP contribution in [0, 0.1) is 0 Å². The maximum Gasteiger partial charge on any atom is 0.433 e. The highest BCUT2D eigenvalue weighted by Crippen LogP contribution is 2.35. The number of amides is 1. The predicted molar refractivity (Wildman–Crippen MR) is 116 cm³/mol. The van der Waals surface area contributed by atoms with Crippen molar-refractivity contribution in [2.45, 2.75) is 6.18 Å². The maximum atomic E-state index is 13.8. The molecule has 0 aliphatic heterocycles. The van der Waals surface area contributed by atoms with E-state index in [0.29, 0.717) is 10.1 Å². The summed E-state index contributed by atoms with van der Waals surface area (Å²) in [5.74, 6) is -0.773. The van der Waals surface area contributed by atoms with Crippen molar-refractivity contribution in [3.8, 4) is 11.3 Å². The molecule has 0 aliphatic rings. The van der Waals surface area contributed by atoms with Crippen LogP contribution in [-0.2, 0) is 6.18 Å². The van der Waals surface area contributed by atoms with Crippen molar-refractivity contribution in [2.75, 3.05) is 5.32 Å². The van der Waals surface area contributed by atoms with Crippen LogP contribution < -0.4 is 5.32 Å². The molecular formula is C19H9Br2ClF3N5O. The molecule has 0 saturated heterocycles. The van der Waals surface area contributed by atoms with Crippen LogP contribution in [0.2, 0.25) is 5.15 Å². The van der Waals surface area contributed by atoms with Gasteiger partial charge in [-0.05, 0) is 46.3 Å². The van der Waals surface area contributed by atoms with Crippen LogP contribution in [0.15, 0.2) is 57.6 Å². The maximum absolute atomic E-state index is 13.8. The Hall–Kier alpha value is -2.50. The summed E-state index contributed by atoms with van der Waals surface area (Å²) in [5.41, 5.74) is -0.777. The Kier molecular flexibility index (Phi) is 5.75. The van der Waals surface area contributed by atoms with E-state index in [1.165, 1.54) is 12.3 Å². The van der Waals surface area contributed by atoms with Crippen molar-refractivity contribution in [3.05, 3.63) is 74.1 Å². The van der Waals surface area contributed by atoms with Crippen molar-refractivity contribution >= 4 is 60.7 Å². The van der Waals surface area contributed by atoms with Gasteiger partial charge in [-0.1, -0.05) is 39.7 Å². The highest BCUT2D eigenvalue weighted by atomic mass is 79.9. The Bertz CT molecular complexity index is 1310. The molecule has 0 bridgehead atoms. The van der Waals surface area contributed by atoms with Gasteiger partial charge in [-0.2, -0.15) is 18.3 Å². The van der Waals surface area contributed by atoms with Crippen LogP contribution in [-0.4, -0.2) is 25.5 Å². The number of hydrogen-bond donors (Lipinski definition) is 1. The Labute approximate surface area is 194 Å². The van der Waals surface area contributed by atoms with E-state index in [1.54, 1.807) is 30.3 Å². The number of nitrogens with one attached hydrogen (secondary N) is 1. The number of anilines is 1. The first-order chi connectivity index (χ1) is 14.6. The van der Waals surface area contributed by atoms with E-state index in [4.69, 9.17) is 11.6 Å². The van der Waals surface area contributed by atoms with Gasteiger partial charge in [0, 0.05) is 16.2 Å². The molecule has 3 aromatic heterocycles. The van der Waals surface area contributed by atoms with E-state index in [-0.39, 0.29) is 32.3 Å². The van der Waals surface area contributed by atoms with Crippen molar-refractivity contribution in [3.63, 3.8) is 0 Å². The number of halogens is 6. The van der Waals surface area contributed by atoms with Gasteiger partial charge >= 0.3 is 6.18 Å². The average molecular weight is 576 g/mol. The fourth-order valence-electron chi connectivity index (χ4n) is 2.77. The number of fused-ring (bicyclic) bond motifs is 1. The number of aromatic nitrogens is 4. The zero-order chi connectivity index (χ0) is 22.3. The standard InChI is InChI=1S/C19H9Br2ClF3N5O/c20-10-5-3-9(4-6-10)12-8-13(19(23,24)25)30-17(27-12)14(21)15(29-30)18(31)28-11-2-1-7-26-16(11)22/h1-8H,(H,28,31). The summed E-state index contributed by atoms with van der Waals surface area (Å²) in [6, 6.07) is 10.6. The Balaban J connectivity index is 1.86. The highest BCUT2D eigenvalue weighted by Gasteiger charge is 2.36. The number of hydrogen-bond acceptors (Lipinski definition) is 4. The summed E-state index contributed by atoms with van der Waals surface area (Å²) in [4.78, 5) is 20.8. The van der Waals surface area contributed by atoms with Crippen molar-refractivity contribution in [2.24, 2.45) is 0 Å². The molecule has 3 heterocycles. The largest absolute Gasteiger partial charge is 0.433 e. The van der Waals surface area contributed by atoms with Crippen LogP contribution in [0.3, 0.4) is 0 Å². The molecule has 0 unspecified atom stereocenters. The minimum Gasteiger partial charge on any atom is -0.318 e. The summed E-state index contributed by atoms with van der Waals surface area (Å²) in [6.45, 7) is 0. The first kappa shape index (κ1) is 21.7. The number of benzene rings is 1. The fraction of sp³-hybridized carbons (Fsp3) is 0.0526. The van der Waals surface area contributed by atoms with Crippen molar-refractivity contribution in [1.29, 1.82) is 0 Å². The molecule has 4 aromatic rings. The quantitative estimate of drug-likeness (QED) is 0.294. The van der Waals surface area contributed by atoms with E-state index < -0.39 is 17.8 Å². The molecule has 0 saturated carbocycles. The predicted octanol–water partition coefficient (Wildman–Crippen LogP) is 6.24. The minimum absolute atomic E-state index is 0.00877. The third kappa shape index (κ3) is 4.30. The molecule has 0 fully saturated rings. The lowest BCUT2D eigenvalue weighted by Crippen LogP contribution is -2.16. The highest BCUT2D eigenvalue weighted by molar-refractivity contribution is 9.11. The first-order valence-electron chi connectivity index (χ1n) is 8.49. The molecule has 1 amide bonds. The van der Waals surface area contributed by atoms with Crippen LogP contribution in [0.25, 0.3) is 16.9 Å². The van der Waals surface area contributed by atoms with E-state index >= 15 is 0 Å². The Morgan fingerprint density at radius 2 is 1.84 bits per heavy atom. The topological polar surface area (TPSA) is 72.2 Å². The molecule has 1 aromatic carbocycles. The zero-order valence-electron chi connectivity index (χ0n) is 15.1. The average Bonchev–Trinajstić information content (AvgIpc) is 3.05. The summed E-state index contributed by atoms with van der Waals surface area (Å²) in [7, 11) is 0. The van der Waals surface area contributed by atoms with Gasteiger partial charge < -0.3 is 5.32 Å². The molecule has 31 heavy (non-hydrogen) atoms. The van der Waals surface area contributed by atoms with Gasteiger partial charge in [-0.25, -0.2) is 14.5 Å². The third-order valence-corrected chi connectivity index (χ3v) is 5.75. The lowest BCUT2D eigenvalue weighted by molar-refractivity contribution is -0.142. The van der Waals surface area contributed by atoms with Crippen molar-refractivity contribution in [1.82, 2.24) is 19.6 Å². The third-order valence-electron chi connectivity index (χ3n) is 4.19. The molecule has 0 aliphatic carbocycles. The molecule has 12 heteroatoms. The Morgan fingerprint density at radius 3 is 2.48 bits per heavy atom.